The van der Waals surface area contributed by atoms with Crippen molar-refractivity contribution in [1.82, 2.24) is 4.98 Å². The van der Waals surface area contributed by atoms with E-state index in [0.29, 0.717) is 24.3 Å². The minimum atomic E-state index is -0.359. The quantitative estimate of drug-likeness (QED) is 0.769. The van der Waals surface area contributed by atoms with E-state index in [1.165, 1.54) is 6.07 Å². The number of benzene rings is 1. The lowest BCUT2D eigenvalue weighted by Gasteiger charge is -2.15. The first kappa shape index (κ1) is 10.9. The number of pyridine rings is 1. The third kappa shape index (κ3) is 1.76. The van der Waals surface area contributed by atoms with Gasteiger partial charge in [0.1, 0.15) is 11.6 Å². The fraction of sp³-hybridized carbons (Fsp3) is 0.143. The zero-order valence-electron chi connectivity index (χ0n) is 9.64. The molecule has 0 saturated carbocycles. The van der Waals surface area contributed by atoms with Gasteiger partial charge in [0.05, 0.1) is 6.20 Å². The Morgan fingerprint density at radius 2 is 2.06 bits per heavy atom. The molecule has 1 aromatic carbocycles. The Morgan fingerprint density at radius 1 is 1.28 bits per heavy atom. The molecule has 18 heavy (non-hydrogen) atoms. The second-order valence-electron chi connectivity index (χ2n) is 4.21. The average Bonchev–Trinajstić information content (AvgIpc) is 2.81. The normalized spacial score (nSPS) is 13.5. The summed E-state index contributed by atoms with van der Waals surface area (Å²) < 4.78 is 13.0. The van der Waals surface area contributed by atoms with E-state index in [1.54, 1.807) is 17.0 Å². The molecule has 0 saturated heterocycles. The van der Waals surface area contributed by atoms with Crippen LogP contribution in [0.2, 0.25) is 0 Å². The Hall–Kier alpha value is -2.23. The molecule has 0 spiro atoms. The van der Waals surface area contributed by atoms with Gasteiger partial charge in [-0.05, 0) is 30.2 Å². The Bertz CT molecular complexity index is 598. The fourth-order valence-electron chi connectivity index (χ4n) is 2.17. The Kier molecular flexibility index (Phi) is 2.55. The Balaban J connectivity index is 1.95. The highest BCUT2D eigenvalue weighted by Gasteiger charge is 2.26. The maximum Gasteiger partial charge on any atom is 0.259 e. The average molecular weight is 242 g/mol. The van der Waals surface area contributed by atoms with Gasteiger partial charge in [0.2, 0.25) is 0 Å². The fourth-order valence-corrected chi connectivity index (χ4v) is 2.17. The Morgan fingerprint density at radius 3 is 2.83 bits per heavy atom. The minimum absolute atomic E-state index is 0.0894. The highest BCUT2D eigenvalue weighted by Crippen LogP contribution is 2.27. The van der Waals surface area contributed by atoms with Crippen LogP contribution in [0.3, 0.4) is 0 Å². The largest absolute Gasteiger partial charge is 0.292 e. The van der Waals surface area contributed by atoms with E-state index in [0.717, 1.165) is 11.8 Å². The van der Waals surface area contributed by atoms with Crippen molar-refractivity contribution < 1.29 is 9.18 Å². The van der Waals surface area contributed by atoms with E-state index in [9.17, 15) is 9.18 Å². The number of hydrogen-bond acceptors (Lipinski definition) is 2. The van der Waals surface area contributed by atoms with E-state index in [-0.39, 0.29) is 11.7 Å². The van der Waals surface area contributed by atoms with E-state index < -0.39 is 0 Å². The first-order chi connectivity index (χ1) is 8.75. The number of nitrogens with zero attached hydrogens (tertiary/aromatic N) is 2. The van der Waals surface area contributed by atoms with Crippen LogP contribution in [0.15, 0.2) is 42.6 Å². The summed E-state index contributed by atoms with van der Waals surface area (Å²) >= 11 is 0. The van der Waals surface area contributed by atoms with Crippen LogP contribution in [0, 0.1) is 5.82 Å². The molecule has 3 rings (SSSR count). The third-order valence-electron chi connectivity index (χ3n) is 3.04. The number of halogens is 1. The summed E-state index contributed by atoms with van der Waals surface area (Å²) in [5.41, 5.74) is 1.41. The predicted octanol–water partition coefficient (Wildman–Crippen LogP) is 2.42. The van der Waals surface area contributed by atoms with Gasteiger partial charge in [-0.1, -0.05) is 18.2 Å². The number of carbonyl (C=O) groups excluding carboxylic acids is 1. The van der Waals surface area contributed by atoms with E-state index >= 15 is 0 Å². The van der Waals surface area contributed by atoms with Gasteiger partial charge < -0.3 is 0 Å². The SMILES string of the molecule is O=C(c1ccccc1)N1CCc2cc(F)cnc21. The number of aromatic nitrogens is 1. The molecule has 90 valence electrons. The molecule has 2 aromatic rings. The molecule has 0 bridgehead atoms. The van der Waals surface area contributed by atoms with Crippen molar-refractivity contribution in [3.8, 4) is 0 Å². The van der Waals surface area contributed by atoms with Gasteiger partial charge in [-0.2, -0.15) is 0 Å². The molecule has 0 radical (unpaired) electrons. The summed E-state index contributed by atoms with van der Waals surface area (Å²) in [6, 6.07) is 10.5. The third-order valence-corrected chi connectivity index (χ3v) is 3.04. The lowest BCUT2D eigenvalue weighted by molar-refractivity contribution is 0.0988. The van der Waals surface area contributed by atoms with Crippen LogP contribution in [-0.2, 0) is 6.42 Å². The second-order valence-corrected chi connectivity index (χ2v) is 4.21. The summed E-state index contributed by atoms with van der Waals surface area (Å²) in [5, 5.41) is 0. The molecule has 1 amide bonds. The molecule has 0 unspecified atom stereocenters. The number of rotatable bonds is 1. The van der Waals surface area contributed by atoms with Crippen LogP contribution in [0.1, 0.15) is 15.9 Å². The maximum atomic E-state index is 13.0. The van der Waals surface area contributed by atoms with Crippen molar-refractivity contribution in [3.05, 3.63) is 59.5 Å². The summed E-state index contributed by atoms with van der Waals surface area (Å²) in [5.74, 6) is 0.126. The van der Waals surface area contributed by atoms with Crippen LogP contribution in [0.5, 0.6) is 0 Å². The highest BCUT2D eigenvalue weighted by atomic mass is 19.1. The van der Waals surface area contributed by atoms with E-state index in [4.69, 9.17) is 0 Å². The summed E-state index contributed by atoms with van der Waals surface area (Å²) in [6.07, 6.45) is 1.80. The van der Waals surface area contributed by atoms with Gasteiger partial charge >= 0.3 is 0 Å². The molecule has 0 atom stereocenters. The topological polar surface area (TPSA) is 33.2 Å². The monoisotopic (exact) mass is 242 g/mol. The van der Waals surface area contributed by atoms with Crippen LogP contribution < -0.4 is 4.90 Å². The number of hydrogen-bond donors (Lipinski definition) is 0. The smallest absolute Gasteiger partial charge is 0.259 e. The first-order valence-electron chi connectivity index (χ1n) is 5.77. The van der Waals surface area contributed by atoms with Crippen LogP contribution in [0.4, 0.5) is 10.2 Å². The lowest BCUT2D eigenvalue weighted by Crippen LogP contribution is -2.29. The van der Waals surface area contributed by atoms with E-state index in [2.05, 4.69) is 4.98 Å². The van der Waals surface area contributed by atoms with Crippen LogP contribution in [0.25, 0.3) is 0 Å². The number of carbonyl (C=O) groups is 1. The zero-order chi connectivity index (χ0) is 12.5. The molecule has 0 fully saturated rings. The van der Waals surface area contributed by atoms with Crippen molar-refractivity contribution in [1.29, 1.82) is 0 Å². The van der Waals surface area contributed by atoms with Crippen molar-refractivity contribution >= 4 is 11.7 Å². The molecule has 1 aliphatic rings. The highest BCUT2D eigenvalue weighted by molar-refractivity contribution is 6.06. The Labute approximate surface area is 104 Å². The number of fused-ring (bicyclic) bond motifs is 1. The molecule has 1 aromatic heterocycles. The molecule has 2 heterocycles. The second kappa shape index (κ2) is 4.22. The number of anilines is 1. The summed E-state index contributed by atoms with van der Waals surface area (Å²) in [6.45, 7) is 0.555. The van der Waals surface area contributed by atoms with Gasteiger partial charge in [0, 0.05) is 12.1 Å². The molecule has 3 nitrogen and oxygen atoms in total. The maximum absolute atomic E-state index is 13.0. The summed E-state index contributed by atoms with van der Waals surface area (Å²) in [4.78, 5) is 17.9. The molecule has 4 heteroatoms. The molecule has 0 aliphatic carbocycles. The molecular formula is C14H11FN2O. The van der Waals surface area contributed by atoms with Gasteiger partial charge in [-0.15, -0.1) is 0 Å². The minimum Gasteiger partial charge on any atom is -0.292 e. The first-order valence-corrected chi connectivity index (χ1v) is 5.77. The van der Waals surface area contributed by atoms with Crippen LogP contribution >= 0.6 is 0 Å². The molecular weight excluding hydrogens is 231 g/mol. The lowest BCUT2D eigenvalue weighted by atomic mass is 10.2. The van der Waals surface area contributed by atoms with Gasteiger partial charge in [0.15, 0.2) is 0 Å². The van der Waals surface area contributed by atoms with Crippen LogP contribution in [-0.4, -0.2) is 17.4 Å². The van der Waals surface area contributed by atoms with Crippen molar-refractivity contribution in [2.24, 2.45) is 0 Å². The summed E-state index contributed by atoms with van der Waals surface area (Å²) in [7, 11) is 0. The van der Waals surface area contributed by atoms with Crippen molar-refractivity contribution in [3.63, 3.8) is 0 Å². The van der Waals surface area contributed by atoms with E-state index in [1.807, 2.05) is 18.2 Å². The van der Waals surface area contributed by atoms with Gasteiger partial charge in [-0.3, -0.25) is 9.69 Å². The van der Waals surface area contributed by atoms with Gasteiger partial charge in [0.25, 0.3) is 5.91 Å². The predicted molar refractivity (Wildman–Crippen MR) is 66.0 cm³/mol. The zero-order valence-corrected chi connectivity index (χ0v) is 9.64. The standard InChI is InChI=1S/C14H11FN2O/c15-12-8-11-6-7-17(13(11)16-9-12)14(18)10-4-2-1-3-5-10/h1-5,8-9H,6-7H2. The number of amides is 1. The molecule has 1 aliphatic heterocycles. The van der Waals surface area contributed by atoms with Crippen molar-refractivity contribution in [2.75, 3.05) is 11.4 Å². The van der Waals surface area contributed by atoms with Gasteiger partial charge in [-0.25, -0.2) is 9.37 Å². The molecule has 0 N–H and O–H groups in total. The van der Waals surface area contributed by atoms with Crippen molar-refractivity contribution in [2.45, 2.75) is 6.42 Å².